The number of benzene rings is 1. The Kier molecular flexibility index (Phi) is 4.95. The summed E-state index contributed by atoms with van der Waals surface area (Å²) in [5, 5.41) is 8.36. The normalized spacial score (nSPS) is 10.3. The van der Waals surface area contributed by atoms with Crippen LogP contribution < -0.4 is 10.1 Å². The van der Waals surface area contributed by atoms with Crippen LogP contribution in [-0.2, 0) is 6.61 Å². The van der Waals surface area contributed by atoms with Crippen molar-refractivity contribution >= 4 is 32.5 Å². The molecule has 2 rings (SSSR count). The highest BCUT2D eigenvalue weighted by Crippen LogP contribution is 2.21. The molecule has 0 radical (unpaired) electrons. The van der Waals surface area contributed by atoms with E-state index >= 15 is 0 Å². The van der Waals surface area contributed by atoms with Crippen LogP contribution in [0.2, 0.25) is 0 Å². The minimum Gasteiger partial charge on any atom is -0.487 e. The number of hydrogen-bond donors (Lipinski definition) is 1. The summed E-state index contributed by atoms with van der Waals surface area (Å²) in [6.07, 6.45) is 1.07. The van der Waals surface area contributed by atoms with E-state index in [1.807, 2.05) is 24.3 Å². The van der Waals surface area contributed by atoms with Crippen molar-refractivity contribution in [1.82, 2.24) is 9.59 Å². The minimum absolute atomic E-state index is 0.435. The summed E-state index contributed by atoms with van der Waals surface area (Å²) in [6.45, 7) is 3.48. The van der Waals surface area contributed by atoms with Crippen LogP contribution >= 0.6 is 27.5 Å². The van der Waals surface area contributed by atoms with Crippen molar-refractivity contribution in [2.45, 2.75) is 20.0 Å². The van der Waals surface area contributed by atoms with Crippen LogP contribution in [-0.4, -0.2) is 16.1 Å². The van der Waals surface area contributed by atoms with Crippen molar-refractivity contribution in [3.05, 3.63) is 34.4 Å². The maximum Gasteiger partial charge on any atom is 0.136 e. The van der Waals surface area contributed by atoms with E-state index in [4.69, 9.17) is 4.74 Å². The Balaban J connectivity index is 1.93. The van der Waals surface area contributed by atoms with Gasteiger partial charge >= 0.3 is 0 Å². The lowest BCUT2D eigenvalue weighted by molar-refractivity contribution is 0.301. The highest BCUT2D eigenvalue weighted by molar-refractivity contribution is 9.10. The van der Waals surface area contributed by atoms with E-state index < -0.39 is 0 Å². The molecule has 96 valence electrons. The molecule has 2 aromatic rings. The van der Waals surface area contributed by atoms with E-state index in [0.717, 1.165) is 33.9 Å². The molecular formula is C12H14BrN3OS. The molecule has 0 saturated heterocycles. The highest BCUT2D eigenvalue weighted by atomic mass is 79.9. The average molecular weight is 328 g/mol. The second kappa shape index (κ2) is 6.70. The lowest BCUT2D eigenvalue weighted by Gasteiger charge is -2.06. The number of anilines is 1. The molecule has 0 atom stereocenters. The lowest BCUT2D eigenvalue weighted by Crippen LogP contribution is -2.03. The number of hydrogen-bond acceptors (Lipinski definition) is 5. The molecule has 1 aromatic carbocycles. The van der Waals surface area contributed by atoms with Gasteiger partial charge in [-0.2, -0.15) is 0 Å². The summed E-state index contributed by atoms with van der Waals surface area (Å²) < 4.78 is 10.6. The summed E-state index contributed by atoms with van der Waals surface area (Å²) >= 11 is 4.76. The second-order valence-electron chi connectivity index (χ2n) is 3.72. The Morgan fingerprint density at radius 2 is 2.11 bits per heavy atom. The molecule has 0 amide bonds. The second-order valence-corrected chi connectivity index (χ2v) is 5.39. The van der Waals surface area contributed by atoms with Gasteiger partial charge in [-0.05, 0) is 30.7 Å². The molecule has 0 spiro atoms. The van der Waals surface area contributed by atoms with E-state index in [0.29, 0.717) is 6.61 Å². The van der Waals surface area contributed by atoms with Crippen molar-refractivity contribution in [2.75, 3.05) is 11.9 Å². The van der Waals surface area contributed by atoms with Crippen LogP contribution in [0, 0.1) is 0 Å². The number of aromatic nitrogens is 2. The molecule has 4 nitrogen and oxygen atoms in total. The van der Waals surface area contributed by atoms with E-state index in [-0.39, 0.29) is 0 Å². The lowest BCUT2D eigenvalue weighted by atomic mass is 10.3. The van der Waals surface area contributed by atoms with Crippen molar-refractivity contribution in [2.24, 2.45) is 0 Å². The zero-order valence-corrected chi connectivity index (χ0v) is 12.4. The Morgan fingerprint density at radius 1 is 1.33 bits per heavy atom. The third-order valence-corrected chi connectivity index (χ3v) is 3.53. The number of nitrogens with zero attached hydrogens (tertiary/aromatic N) is 2. The van der Waals surface area contributed by atoms with Crippen molar-refractivity contribution in [1.29, 1.82) is 0 Å². The van der Waals surface area contributed by atoms with Gasteiger partial charge in [-0.15, -0.1) is 5.10 Å². The standard InChI is InChI=1S/C12H14BrN3OS/c1-2-7-14-12-11(15-16-18-12)8-17-10-5-3-9(13)4-6-10/h3-6,14H,2,7-8H2,1H3. The molecule has 1 N–H and O–H groups in total. The maximum atomic E-state index is 5.67. The Labute approximate surface area is 119 Å². The van der Waals surface area contributed by atoms with E-state index in [1.165, 1.54) is 11.5 Å². The summed E-state index contributed by atoms with van der Waals surface area (Å²) in [4.78, 5) is 0. The first-order chi connectivity index (χ1) is 8.79. The molecular weight excluding hydrogens is 314 g/mol. The predicted octanol–water partition coefficient (Wildman–Crippen LogP) is 3.70. The predicted molar refractivity (Wildman–Crippen MR) is 77.2 cm³/mol. The number of halogens is 1. The first kappa shape index (κ1) is 13.3. The van der Waals surface area contributed by atoms with Crippen LogP contribution in [0.25, 0.3) is 0 Å². The van der Waals surface area contributed by atoms with Gasteiger partial charge in [-0.3, -0.25) is 0 Å². The molecule has 1 aromatic heterocycles. The van der Waals surface area contributed by atoms with Crippen molar-refractivity contribution in [3.63, 3.8) is 0 Å². The third kappa shape index (κ3) is 3.68. The SMILES string of the molecule is CCCNc1snnc1COc1ccc(Br)cc1. The van der Waals surface area contributed by atoms with Gasteiger partial charge in [-0.25, -0.2) is 0 Å². The van der Waals surface area contributed by atoms with Gasteiger partial charge in [0.25, 0.3) is 0 Å². The van der Waals surface area contributed by atoms with Crippen molar-refractivity contribution < 1.29 is 4.74 Å². The quantitative estimate of drug-likeness (QED) is 0.878. The first-order valence-electron chi connectivity index (χ1n) is 5.73. The first-order valence-corrected chi connectivity index (χ1v) is 7.29. The maximum absolute atomic E-state index is 5.67. The fourth-order valence-electron chi connectivity index (χ4n) is 1.36. The topological polar surface area (TPSA) is 47.0 Å². The largest absolute Gasteiger partial charge is 0.487 e. The van der Waals surface area contributed by atoms with Crippen molar-refractivity contribution in [3.8, 4) is 5.75 Å². The van der Waals surface area contributed by atoms with Crippen LogP contribution in [0.3, 0.4) is 0 Å². The molecule has 0 aliphatic carbocycles. The van der Waals surface area contributed by atoms with Crippen LogP contribution in [0.4, 0.5) is 5.00 Å². The molecule has 0 aliphatic heterocycles. The Bertz CT molecular complexity index is 486. The molecule has 0 unspecified atom stereocenters. The summed E-state index contributed by atoms with van der Waals surface area (Å²) in [7, 11) is 0. The van der Waals surface area contributed by atoms with Gasteiger partial charge < -0.3 is 10.1 Å². The van der Waals surface area contributed by atoms with Gasteiger partial charge in [0.05, 0.1) is 0 Å². The third-order valence-electron chi connectivity index (χ3n) is 2.28. The van der Waals surface area contributed by atoms with Gasteiger partial charge in [0.2, 0.25) is 0 Å². The van der Waals surface area contributed by atoms with Crippen LogP contribution in [0.15, 0.2) is 28.7 Å². The smallest absolute Gasteiger partial charge is 0.136 e. The average Bonchev–Trinajstić information content (AvgIpc) is 2.83. The van der Waals surface area contributed by atoms with Gasteiger partial charge in [-0.1, -0.05) is 27.3 Å². The molecule has 1 heterocycles. The monoisotopic (exact) mass is 327 g/mol. The number of nitrogens with one attached hydrogen (secondary N) is 1. The molecule has 0 aliphatic rings. The minimum atomic E-state index is 0.435. The van der Waals surface area contributed by atoms with Crippen LogP contribution in [0.1, 0.15) is 19.0 Å². The number of rotatable bonds is 6. The summed E-state index contributed by atoms with van der Waals surface area (Å²) in [5.74, 6) is 0.827. The van der Waals surface area contributed by atoms with Gasteiger partial charge in [0, 0.05) is 22.5 Å². The fourth-order valence-corrected chi connectivity index (χ4v) is 2.22. The molecule has 0 fully saturated rings. The van der Waals surface area contributed by atoms with Gasteiger partial charge in [0.15, 0.2) is 0 Å². The van der Waals surface area contributed by atoms with E-state index in [1.54, 1.807) is 0 Å². The molecule has 0 bridgehead atoms. The molecule has 0 saturated carbocycles. The Hall–Kier alpha value is -1.14. The van der Waals surface area contributed by atoms with E-state index in [2.05, 4.69) is 37.8 Å². The highest BCUT2D eigenvalue weighted by Gasteiger charge is 2.07. The van der Waals surface area contributed by atoms with Gasteiger partial charge in [0.1, 0.15) is 23.1 Å². The van der Waals surface area contributed by atoms with Crippen LogP contribution in [0.5, 0.6) is 5.75 Å². The summed E-state index contributed by atoms with van der Waals surface area (Å²) in [5.41, 5.74) is 0.858. The summed E-state index contributed by atoms with van der Waals surface area (Å²) in [6, 6.07) is 7.74. The zero-order chi connectivity index (χ0) is 12.8. The molecule has 6 heteroatoms. The number of ether oxygens (including phenoxy) is 1. The molecule has 18 heavy (non-hydrogen) atoms. The fraction of sp³-hybridized carbons (Fsp3) is 0.333. The zero-order valence-electron chi connectivity index (χ0n) is 10.0. The Morgan fingerprint density at radius 3 is 2.83 bits per heavy atom. The van der Waals surface area contributed by atoms with E-state index in [9.17, 15) is 0 Å².